The third kappa shape index (κ3) is 5.14. The van der Waals surface area contributed by atoms with Crippen molar-refractivity contribution in [2.45, 2.75) is 26.0 Å². The van der Waals surface area contributed by atoms with Crippen molar-refractivity contribution in [3.05, 3.63) is 29.3 Å². The van der Waals surface area contributed by atoms with Crippen molar-refractivity contribution in [1.82, 2.24) is 4.90 Å². The van der Waals surface area contributed by atoms with Crippen LogP contribution in [0.2, 0.25) is 0 Å². The van der Waals surface area contributed by atoms with Crippen molar-refractivity contribution in [2.24, 2.45) is 5.73 Å². The summed E-state index contributed by atoms with van der Waals surface area (Å²) < 4.78 is 5.30. The van der Waals surface area contributed by atoms with Crippen LogP contribution in [0.25, 0.3) is 0 Å². The molecule has 5 heteroatoms. The maximum absolute atomic E-state index is 9.27. The van der Waals surface area contributed by atoms with Crippen LogP contribution in [0.3, 0.4) is 0 Å². The minimum absolute atomic E-state index is 0.269. The van der Waals surface area contributed by atoms with Crippen LogP contribution in [-0.2, 0) is 6.54 Å². The number of nitrogens with zero attached hydrogens (tertiary/aromatic N) is 1. The number of benzene rings is 1. The van der Waals surface area contributed by atoms with E-state index < -0.39 is 0 Å². The molecule has 106 valence electrons. The monoisotopic (exact) mass is 282 g/mol. The number of hydrogen-bond donors (Lipinski definition) is 2. The first-order valence-electron chi connectivity index (χ1n) is 6.27. The topological polar surface area (TPSA) is 58.7 Å². The Morgan fingerprint density at radius 2 is 2.21 bits per heavy atom. The van der Waals surface area contributed by atoms with E-state index in [1.54, 1.807) is 14.0 Å². The number of aliphatic hydroxyl groups is 1. The summed E-state index contributed by atoms with van der Waals surface area (Å²) in [6.45, 7) is 3.44. The Bertz CT molecular complexity index is 435. The first-order chi connectivity index (χ1) is 8.93. The van der Waals surface area contributed by atoms with Gasteiger partial charge < -0.3 is 20.5 Å². The molecule has 0 fully saturated rings. The lowest BCUT2D eigenvalue weighted by atomic mass is 10.1. The molecule has 0 radical (unpaired) electrons. The van der Waals surface area contributed by atoms with Gasteiger partial charge in [-0.15, -0.1) is 0 Å². The molecule has 0 aromatic heterocycles. The highest BCUT2D eigenvalue weighted by Crippen LogP contribution is 2.21. The van der Waals surface area contributed by atoms with Gasteiger partial charge in [-0.3, -0.25) is 0 Å². The average molecular weight is 282 g/mol. The molecular weight excluding hydrogens is 260 g/mol. The van der Waals surface area contributed by atoms with Crippen molar-refractivity contribution in [1.29, 1.82) is 0 Å². The zero-order valence-electron chi connectivity index (χ0n) is 11.7. The molecular formula is C14H22N2O2S. The smallest absolute Gasteiger partial charge is 0.129 e. The van der Waals surface area contributed by atoms with Crippen LogP contribution < -0.4 is 10.5 Å². The summed E-state index contributed by atoms with van der Waals surface area (Å²) in [5.41, 5.74) is 7.52. The van der Waals surface area contributed by atoms with Crippen LogP contribution in [0, 0.1) is 0 Å². The lowest BCUT2D eigenvalue weighted by Gasteiger charge is -2.18. The molecule has 1 unspecified atom stereocenters. The average Bonchev–Trinajstić information content (AvgIpc) is 2.35. The number of ether oxygens (including phenoxy) is 1. The van der Waals surface area contributed by atoms with Crippen LogP contribution in [0.4, 0.5) is 0 Å². The Labute approximate surface area is 120 Å². The van der Waals surface area contributed by atoms with Gasteiger partial charge in [-0.2, -0.15) is 0 Å². The van der Waals surface area contributed by atoms with Crippen LogP contribution in [0.5, 0.6) is 5.75 Å². The summed E-state index contributed by atoms with van der Waals surface area (Å²) in [6.07, 6.45) is 0.493. The Morgan fingerprint density at radius 3 is 2.74 bits per heavy atom. The summed E-state index contributed by atoms with van der Waals surface area (Å²) in [7, 11) is 3.63. The molecule has 1 aromatic carbocycles. The molecule has 0 aliphatic rings. The fourth-order valence-electron chi connectivity index (χ4n) is 1.84. The highest BCUT2D eigenvalue weighted by atomic mass is 32.1. The Morgan fingerprint density at radius 1 is 1.53 bits per heavy atom. The van der Waals surface area contributed by atoms with Gasteiger partial charge in [0.15, 0.2) is 0 Å². The first-order valence-corrected chi connectivity index (χ1v) is 6.68. The SMILES string of the molecule is COc1cc(CN(C)CCC(C)O)ccc1C(N)=S. The number of thiocarbonyl (C=S) groups is 1. The predicted molar refractivity (Wildman–Crippen MR) is 81.5 cm³/mol. The molecule has 0 spiro atoms. The van der Waals surface area contributed by atoms with E-state index in [0.29, 0.717) is 10.7 Å². The Hall–Kier alpha value is -1.17. The number of nitrogens with two attached hydrogens (primary N) is 1. The molecule has 1 atom stereocenters. The fraction of sp³-hybridized carbons (Fsp3) is 0.500. The molecule has 1 aromatic rings. The summed E-state index contributed by atoms with van der Waals surface area (Å²) in [5.74, 6) is 0.703. The highest BCUT2D eigenvalue weighted by molar-refractivity contribution is 7.80. The van der Waals surface area contributed by atoms with Gasteiger partial charge >= 0.3 is 0 Å². The van der Waals surface area contributed by atoms with Gasteiger partial charge in [0.1, 0.15) is 10.7 Å². The number of aliphatic hydroxyl groups excluding tert-OH is 1. The van der Waals surface area contributed by atoms with E-state index in [1.165, 1.54) is 0 Å². The van der Waals surface area contributed by atoms with Crippen LogP contribution >= 0.6 is 12.2 Å². The van der Waals surface area contributed by atoms with Crippen molar-refractivity contribution >= 4 is 17.2 Å². The van der Waals surface area contributed by atoms with Crippen LogP contribution in [0.15, 0.2) is 18.2 Å². The van der Waals surface area contributed by atoms with Crippen molar-refractivity contribution in [2.75, 3.05) is 20.7 Å². The second kappa shape index (κ2) is 7.43. The molecule has 0 heterocycles. The van der Waals surface area contributed by atoms with E-state index in [0.717, 1.165) is 30.6 Å². The third-order valence-corrected chi connectivity index (χ3v) is 3.13. The molecule has 3 N–H and O–H groups in total. The zero-order valence-corrected chi connectivity index (χ0v) is 12.5. The van der Waals surface area contributed by atoms with Gasteiger partial charge in [-0.05, 0) is 38.1 Å². The second-order valence-corrected chi connectivity index (χ2v) is 5.21. The number of hydrogen-bond acceptors (Lipinski definition) is 4. The summed E-state index contributed by atoms with van der Waals surface area (Å²) >= 11 is 4.98. The normalized spacial score (nSPS) is 12.5. The van der Waals surface area contributed by atoms with Crippen LogP contribution in [-0.4, -0.2) is 41.8 Å². The molecule has 0 aliphatic carbocycles. The zero-order chi connectivity index (χ0) is 14.4. The molecule has 0 aliphatic heterocycles. The van der Waals surface area contributed by atoms with Gasteiger partial charge in [0.05, 0.1) is 18.8 Å². The summed E-state index contributed by atoms with van der Waals surface area (Å²) in [6, 6.07) is 5.84. The van der Waals surface area contributed by atoms with E-state index >= 15 is 0 Å². The minimum atomic E-state index is -0.269. The summed E-state index contributed by atoms with van der Waals surface area (Å²) in [4.78, 5) is 2.49. The second-order valence-electron chi connectivity index (χ2n) is 4.77. The molecule has 4 nitrogen and oxygen atoms in total. The van der Waals surface area contributed by atoms with E-state index in [2.05, 4.69) is 4.90 Å². The molecule has 1 rings (SSSR count). The van der Waals surface area contributed by atoms with Crippen LogP contribution in [0.1, 0.15) is 24.5 Å². The Kier molecular flexibility index (Phi) is 6.21. The first kappa shape index (κ1) is 15.9. The van der Waals surface area contributed by atoms with E-state index in [4.69, 9.17) is 22.7 Å². The number of methoxy groups -OCH3 is 1. The lowest BCUT2D eigenvalue weighted by Crippen LogP contribution is -2.22. The van der Waals surface area contributed by atoms with E-state index in [1.807, 2.05) is 25.2 Å². The number of rotatable bonds is 7. The standard InChI is InChI=1S/C14H22N2O2S/c1-10(17)6-7-16(2)9-11-4-5-12(14(15)19)13(8-11)18-3/h4-5,8,10,17H,6-7,9H2,1-3H3,(H2,15,19). The summed E-state index contributed by atoms with van der Waals surface area (Å²) in [5, 5.41) is 9.27. The van der Waals surface area contributed by atoms with Gasteiger partial charge in [-0.1, -0.05) is 18.3 Å². The predicted octanol–water partition coefficient (Wildman–Crippen LogP) is 1.53. The Balaban J connectivity index is 2.71. The molecule has 0 saturated heterocycles. The van der Waals surface area contributed by atoms with Crippen molar-refractivity contribution in [3.63, 3.8) is 0 Å². The quantitative estimate of drug-likeness (QED) is 0.743. The molecule has 0 bridgehead atoms. The molecule has 0 saturated carbocycles. The van der Waals surface area contributed by atoms with E-state index in [-0.39, 0.29) is 6.10 Å². The van der Waals surface area contributed by atoms with Gasteiger partial charge in [-0.25, -0.2) is 0 Å². The lowest BCUT2D eigenvalue weighted by molar-refractivity contribution is 0.163. The third-order valence-electron chi connectivity index (χ3n) is 2.91. The van der Waals surface area contributed by atoms with Gasteiger partial charge in [0.25, 0.3) is 0 Å². The highest BCUT2D eigenvalue weighted by Gasteiger charge is 2.08. The fourth-order valence-corrected chi connectivity index (χ4v) is 2.00. The van der Waals surface area contributed by atoms with Crippen molar-refractivity contribution in [3.8, 4) is 5.75 Å². The maximum Gasteiger partial charge on any atom is 0.129 e. The molecule has 19 heavy (non-hydrogen) atoms. The van der Waals surface area contributed by atoms with Gasteiger partial charge in [0.2, 0.25) is 0 Å². The minimum Gasteiger partial charge on any atom is -0.496 e. The van der Waals surface area contributed by atoms with Gasteiger partial charge in [0, 0.05) is 13.1 Å². The maximum atomic E-state index is 9.27. The molecule has 0 amide bonds. The van der Waals surface area contributed by atoms with Crippen molar-refractivity contribution < 1.29 is 9.84 Å². The van der Waals surface area contributed by atoms with E-state index in [9.17, 15) is 5.11 Å². The largest absolute Gasteiger partial charge is 0.496 e.